The summed E-state index contributed by atoms with van der Waals surface area (Å²) in [6, 6.07) is 13.6. The van der Waals surface area contributed by atoms with Crippen LogP contribution in [0.15, 0.2) is 40.9 Å². The van der Waals surface area contributed by atoms with Crippen LogP contribution in [0.1, 0.15) is 29.6 Å². The van der Waals surface area contributed by atoms with Crippen molar-refractivity contribution in [1.82, 2.24) is 15.0 Å². The molecule has 2 aromatic heterocycles. The molecular weight excluding hydrogens is 334 g/mol. The molecule has 1 fully saturated rings. The van der Waals surface area contributed by atoms with E-state index in [0.29, 0.717) is 16.6 Å². The Bertz CT molecular complexity index is 993. The number of hydrogen-bond donors (Lipinski definition) is 0. The van der Waals surface area contributed by atoms with Crippen LogP contribution in [0.25, 0.3) is 21.9 Å². The first-order chi connectivity index (χ1) is 12.3. The molecule has 3 aromatic rings. The Morgan fingerprint density at radius 1 is 1.20 bits per heavy atom. The molecule has 4 rings (SSSR count). The molecule has 3 heterocycles. The van der Waals surface area contributed by atoms with Gasteiger partial charge in [0, 0.05) is 17.0 Å². The van der Waals surface area contributed by atoms with Crippen molar-refractivity contribution in [3.05, 3.63) is 47.1 Å². The fourth-order valence-corrected chi connectivity index (χ4v) is 3.80. The number of nitrogens with zero attached hydrogens (tertiary/aromatic N) is 5. The van der Waals surface area contributed by atoms with Gasteiger partial charge < -0.3 is 4.52 Å². The summed E-state index contributed by atoms with van der Waals surface area (Å²) in [5.74, 6) is 1.00. The van der Waals surface area contributed by atoms with Gasteiger partial charge in [-0.1, -0.05) is 17.3 Å². The molecule has 122 valence electrons. The van der Waals surface area contributed by atoms with Gasteiger partial charge in [0.05, 0.1) is 0 Å². The van der Waals surface area contributed by atoms with E-state index in [1.165, 1.54) is 11.3 Å². The third-order valence-electron chi connectivity index (χ3n) is 4.23. The Kier molecular flexibility index (Phi) is 3.93. The lowest BCUT2D eigenvalue weighted by atomic mass is 10.1. The zero-order valence-electron chi connectivity index (χ0n) is 13.2. The Labute approximate surface area is 148 Å². The zero-order chi connectivity index (χ0) is 17.2. The van der Waals surface area contributed by atoms with E-state index >= 15 is 0 Å². The van der Waals surface area contributed by atoms with Gasteiger partial charge in [-0.05, 0) is 42.7 Å². The molecule has 0 spiro atoms. The number of benzene rings is 1. The maximum Gasteiger partial charge on any atom is 0.258 e. The largest absolute Gasteiger partial charge is 0.334 e. The summed E-state index contributed by atoms with van der Waals surface area (Å²) in [7, 11) is 0. The molecule has 0 amide bonds. The molecule has 1 aliphatic rings. The molecule has 1 unspecified atom stereocenters. The number of rotatable bonds is 3. The van der Waals surface area contributed by atoms with Crippen molar-refractivity contribution in [3.8, 4) is 34.2 Å². The van der Waals surface area contributed by atoms with Crippen LogP contribution in [0.3, 0.4) is 0 Å². The highest BCUT2D eigenvalue weighted by Crippen LogP contribution is 2.33. The Hall–Kier alpha value is -3.16. The molecule has 0 radical (unpaired) electrons. The minimum atomic E-state index is -0.0961. The van der Waals surface area contributed by atoms with Crippen molar-refractivity contribution >= 4 is 11.3 Å². The second-order valence-electron chi connectivity index (χ2n) is 5.77. The van der Waals surface area contributed by atoms with Gasteiger partial charge in [0.15, 0.2) is 12.0 Å². The van der Waals surface area contributed by atoms with Crippen molar-refractivity contribution < 1.29 is 4.52 Å². The third kappa shape index (κ3) is 2.86. The number of nitriles is 2. The fourth-order valence-electron chi connectivity index (χ4n) is 3.00. The maximum atomic E-state index is 9.17. The van der Waals surface area contributed by atoms with Crippen LogP contribution >= 0.6 is 11.3 Å². The van der Waals surface area contributed by atoms with Crippen molar-refractivity contribution in [2.75, 3.05) is 6.54 Å². The van der Waals surface area contributed by atoms with Crippen LogP contribution in [0.2, 0.25) is 0 Å². The summed E-state index contributed by atoms with van der Waals surface area (Å²) in [5.41, 5.74) is 1.83. The highest BCUT2D eigenvalue weighted by molar-refractivity contribution is 7.16. The van der Waals surface area contributed by atoms with E-state index in [-0.39, 0.29) is 6.04 Å². The molecule has 1 aromatic carbocycles. The highest BCUT2D eigenvalue weighted by Gasteiger charge is 2.29. The normalized spacial score (nSPS) is 16.6. The fraction of sp³-hybridized carbons (Fsp3) is 0.222. The first-order valence-corrected chi connectivity index (χ1v) is 8.71. The smallest absolute Gasteiger partial charge is 0.258 e. The van der Waals surface area contributed by atoms with Gasteiger partial charge in [-0.15, -0.1) is 11.3 Å². The quantitative estimate of drug-likeness (QED) is 0.666. The SMILES string of the molecule is N#Cc1ccc(-c2cccc(-c3nc(C4CCCN4C#N)no3)c2)s1. The average molecular weight is 347 g/mol. The zero-order valence-corrected chi connectivity index (χ0v) is 14.0. The molecule has 7 heteroatoms. The van der Waals surface area contributed by atoms with Gasteiger partial charge >= 0.3 is 0 Å². The molecule has 0 saturated carbocycles. The summed E-state index contributed by atoms with van der Waals surface area (Å²) in [6.45, 7) is 0.736. The standard InChI is InChI=1S/C18H13N5OS/c19-10-14-6-7-16(25-14)12-3-1-4-13(9-12)18-21-17(22-24-18)15-5-2-8-23(15)11-20/h1,3-4,6-7,9,15H,2,5,8H2. The second-order valence-corrected chi connectivity index (χ2v) is 6.85. The molecule has 25 heavy (non-hydrogen) atoms. The third-order valence-corrected chi connectivity index (χ3v) is 5.27. The number of thiophene rings is 1. The number of hydrogen-bond acceptors (Lipinski definition) is 7. The topological polar surface area (TPSA) is 89.7 Å². The van der Waals surface area contributed by atoms with Crippen LogP contribution in [0.5, 0.6) is 0 Å². The van der Waals surface area contributed by atoms with E-state index in [4.69, 9.17) is 9.78 Å². The Morgan fingerprint density at radius 2 is 2.08 bits per heavy atom. The van der Waals surface area contributed by atoms with Crippen LogP contribution in [-0.4, -0.2) is 21.6 Å². The number of likely N-dealkylation sites (tertiary alicyclic amines) is 1. The van der Waals surface area contributed by atoms with Gasteiger partial charge in [-0.2, -0.15) is 15.5 Å². The van der Waals surface area contributed by atoms with E-state index < -0.39 is 0 Å². The van der Waals surface area contributed by atoms with E-state index in [1.54, 1.807) is 4.90 Å². The lowest BCUT2D eigenvalue weighted by Crippen LogP contribution is -2.17. The summed E-state index contributed by atoms with van der Waals surface area (Å²) < 4.78 is 5.43. The van der Waals surface area contributed by atoms with Gasteiger partial charge in [0.25, 0.3) is 5.89 Å². The molecule has 0 N–H and O–H groups in total. The van der Waals surface area contributed by atoms with Crippen LogP contribution in [0, 0.1) is 22.8 Å². The lowest BCUT2D eigenvalue weighted by molar-refractivity contribution is 0.339. The van der Waals surface area contributed by atoms with E-state index in [2.05, 4.69) is 22.4 Å². The minimum Gasteiger partial charge on any atom is -0.334 e. The summed E-state index contributed by atoms with van der Waals surface area (Å²) >= 11 is 1.45. The van der Waals surface area contributed by atoms with E-state index in [9.17, 15) is 5.26 Å². The summed E-state index contributed by atoms with van der Waals surface area (Å²) in [6.07, 6.45) is 4.00. The van der Waals surface area contributed by atoms with Crippen LogP contribution in [-0.2, 0) is 0 Å². The maximum absolute atomic E-state index is 9.17. The van der Waals surface area contributed by atoms with Gasteiger partial charge in [0.2, 0.25) is 0 Å². The van der Waals surface area contributed by atoms with Gasteiger partial charge in [0.1, 0.15) is 17.0 Å². The van der Waals surface area contributed by atoms with Gasteiger partial charge in [-0.25, -0.2) is 0 Å². The monoisotopic (exact) mass is 347 g/mol. The highest BCUT2D eigenvalue weighted by atomic mass is 32.1. The minimum absolute atomic E-state index is 0.0961. The summed E-state index contributed by atoms with van der Waals surface area (Å²) in [5, 5.41) is 22.2. The molecule has 1 saturated heterocycles. The van der Waals surface area contributed by atoms with E-state index in [0.717, 1.165) is 35.4 Å². The number of aromatic nitrogens is 2. The first-order valence-electron chi connectivity index (χ1n) is 7.89. The lowest BCUT2D eigenvalue weighted by Gasteiger charge is -2.13. The average Bonchev–Trinajstić information content (AvgIpc) is 3.41. The van der Waals surface area contributed by atoms with Crippen LogP contribution < -0.4 is 0 Å². The molecule has 1 atom stereocenters. The van der Waals surface area contributed by atoms with Crippen LogP contribution in [0.4, 0.5) is 0 Å². The van der Waals surface area contributed by atoms with Gasteiger partial charge in [-0.3, -0.25) is 4.90 Å². The first kappa shape index (κ1) is 15.4. The molecule has 0 aliphatic carbocycles. The Balaban J connectivity index is 1.64. The molecule has 0 bridgehead atoms. The Morgan fingerprint density at radius 3 is 2.88 bits per heavy atom. The van der Waals surface area contributed by atoms with E-state index in [1.807, 2.05) is 36.4 Å². The second kappa shape index (κ2) is 6.39. The van der Waals surface area contributed by atoms with Crippen molar-refractivity contribution in [3.63, 3.8) is 0 Å². The molecule has 1 aliphatic heterocycles. The summed E-state index contributed by atoms with van der Waals surface area (Å²) in [4.78, 5) is 7.89. The van der Waals surface area contributed by atoms with Crippen molar-refractivity contribution in [2.45, 2.75) is 18.9 Å². The van der Waals surface area contributed by atoms with Crippen molar-refractivity contribution in [1.29, 1.82) is 10.5 Å². The van der Waals surface area contributed by atoms with Crippen molar-refractivity contribution in [2.24, 2.45) is 0 Å². The predicted octanol–water partition coefficient (Wildman–Crippen LogP) is 3.95. The predicted molar refractivity (Wildman–Crippen MR) is 92.1 cm³/mol. The molecular formula is C18H13N5OS. The molecule has 6 nitrogen and oxygen atoms in total.